The number of amides is 4. The van der Waals surface area contributed by atoms with Crippen LogP contribution >= 0.6 is 11.3 Å². The standard InChI is InChI=1S/C30H30N6O4S/c1-3-23(37)33-18-8-7-9-19(15-18)34-28(38)27-26-25-21(12-13-31-29(25)41-27)35-30(39)36(26)22-16-32-24(14-17(22)2)40-20-10-5-4-6-11-20/h4-6,10-14,16,18-19H,3,7-9,15H2,1-2H3,(H,33,37)(H,34,38)(H,35,39)/t18-,19-/m0/s1. The summed E-state index contributed by atoms with van der Waals surface area (Å²) in [6.07, 6.45) is 6.92. The van der Waals surface area contributed by atoms with Gasteiger partial charge >= 0.3 is 6.03 Å². The van der Waals surface area contributed by atoms with Crippen LogP contribution in [-0.2, 0) is 4.79 Å². The lowest BCUT2D eigenvalue weighted by atomic mass is 9.90. The third-order valence-corrected chi connectivity index (χ3v) is 8.49. The minimum absolute atomic E-state index is 0.0142. The van der Waals surface area contributed by atoms with Gasteiger partial charge in [-0.2, -0.15) is 0 Å². The number of carbonyl (C=O) groups excluding carboxylic acids is 3. The molecule has 3 N–H and O–H groups in total. The van der Waals surface area contributed by atoms with Crippen LogP contribution in [0.4, 0.5) is 21.9 Å². The molecule has 1 aromatic carbocycles. The van der Waals surface area contributed by atoms with Gasteiger partial charge in [0.15, 0.2) is 0 Å². The molecule has 4 heterocycles. The number of benzene rings is 1. The molecule has 0 radical (unpaired) electrons. The number of rotatable bonds is 7. The summed E-state index contributed by atoms with van der Waals surface area (Å²) in [5.74, 6) is 0.795. The maximum absolute atomic E-state index is 13.8. The van der Waals surface area contributed by atoms with Crippen LogP contribution < -0.4 is 25.6 Å². The number of hydrogen-bond acceptors (Lipinski definition) is 7. The summed E-state index contributed by atoms with van der Waals surface area (Å²) in [5.41, 5.74) is 2.38. The monoisotopic (exact) mass is 570 g/mol. The summed E-state index contributed by atoms with van der Waals surface area (Å²) in [6.45, 7) is 3.70. The van der Waals surface area contributed by atoms with Crippen molar-refractivity contribution in [1.29, 1.82) is 0 Å². The Morgan fingerprint density at radius 3 is 2.66 bits per heavy atom. The number of para-hydroxylation sites is 1. The molecule has 11 heteroatoms. The van der Waals surface area contributed by atoms with E-state index in [2.05, 4.69) is 25.9 Å². The van der Waals surface area contributed by atoms with Crippen molar-refractivity contribution in [3.8, 4) is 11.6 Å². The van der Waals surface area contributed by atoms with Gasteiger partial charge in [0.05, 0.1) is 28.6 Å². The van der Waals surface area contributed by atoms with E-state index in [9.17, 15) is 14.4 Å². The molecular formula is C30H30N6O4S. The predicted molar refractivity (Wildman–Crippen MR) is 158 cm³/mol. The van der Waals surface area contributed by atoms with E-state index in [-0.39, 0.29) is 29.9 Å². The summed E-state index contributed by atoms with van der Waals surface area (Å²) in [7, 11) is 0. The molecule has 2 aliphatic rings. The lowest BCUT2D eigenvalue weighted by Crippen LogP contribution is -2.45. The van der Waals surface area contributed by atoms with Crippen LogP contribution in [-0.4, -0.2) is 39.9 Å². The Kier molecular flexibility index (Phi) is 7.27. The number of carbonyl (C=O) groups is 3. The number of urea groups is 1. The second-order valence-electron chi connectivity index (χ2n) is 10.3. The zero-order valence-electron chi connectivity index (χ0n) is 22.8. The summed E-state index contributed by atoms with van der Waals surface area (Å²) < 4.78 is 5.89. The van der Waals surface area contributed by atoms with Gasteiger partial charge in [-0.3, -0.25) is 14.5 Å². The highest BCUT2D eigenvalue weighted by atomic mass is 32.1. The van der Waals surface area contributed by atoms with E-state index in [4.69, 9.17) is 4.74 Å². The van der Waals surface area contributed by atoms with Gasteiger partial charge in [-0.25, -0.2) is 14.8 Å². The van der Waals surface area contributed by atoms with Crippen molar-refractivity contribution in [2.24, 2.45) is 0 Å². The molecule has 210 valence electrons. The molecule has 6 rings (SSSR count). The van der Waals surface area contributed by atoms with E-state index in [1.54, 1.807) is 24.5 Å². The molecule has 2 atom stereocenters. The van der Waals surface area contributed by atoms with Crippen molar-refractivity contribution in [2.45, 2.75) is 58.0 Å². The number of nitrogens with one attached hydrogen (secondary N) is 3. The molecular weight excluding hydrogens is 540 g/mol. The van der Waals surface area contributed by atoms with Gasteiger partial charge in [0.1, 0.15) is 15.5 Å². The number of aromatic nitrogens is 2. The first-order chi connectivity index (χ1) is 19.9. The van der Waals surface area contributed by atoms with Crippen LogP contribution in [0.2, 0.25) is 0 Å². The fourth-order valence-corrected chi connectivity index (χ4v) is 6.49. The van der Waals surface area contributed by atoms with Gasteiger partial charge in [-0.05, 0) is 56.4 Å². The number of hydrogen-bond donors (Lipinski definition) is 3. The Bertz CT molecular complexity index is 1640. The first-order valence-corrected chi connectivity index (χ1v) is 14.5. The number of ether oxygens (including phenoxy) is 1. The molecule has 0 spiro atoms. The summed E-state index contributed by atoms with van der Waals surface area (Å²) in [5, 5.41) is 9.88. The smallest absolute Gasteiger partial charge is 0.331 e. The van der Waals surface area contributed by atoms with E-state index in [1.807, 2.05) is 44.2 Å². The summed E-state index contributed by atoms with van der Waals surface area (Å²) >= 11 is 1.25. The molecule has 41 heavy (non-hydrogen) atoms. The Labute approximate surface area is 241 Å². The zero-order chi connectivity index (χ0) is 28.5. The molecule has 0 unspecified atom stereocenters. The Morgan fingerprint density at radius 1 is 1.12 bits per heavy atom. The predicted octanol–water partition coefficient (Wildman–Crippen LogP) is 6.04. The fourth-order valence-electron chi connectivity index (χ4n) is 5.44. The van der Waals surface area contributed by atoms with Crippen molar-refractivity contribution in [3.05, 3.63) is 65.3 Å². The molecule has 3 aromatic heterocycles. The maximum atomic E-state index is 13.8. The van der Waals surface area contributed by atoms with E-state index >= 15 is 0 Å². The van der Waals surface area contributed by atoms with Gasteiger partial charge in [0.2, 0.25) is 11.8 Å². The highest BCUT2D eigenvalue weighted by molar-refractivity contribution is 7.21. The Hall–Kier alpha value is -4.51. The third kappa shape index (κ3) is 5.32. The van der Waals surface area contributed by atoms with Gasteiger partial charge < -0.3 is 20.7 Å². The second kappa shape index (κ2) is 11.2. The van der Waals surface area contributed by atoms with E-state index in [0.717, 1.165) is 24.8 Å². The van der Waals surface area contributed by atoms with E-state index in [1.165, 1.54) is 16.2 Å². The number of aryl methyl sites for hydroxylation is 1. The van der Waals surface area contributed by atoms with Gasteiger partial charge in [0.25, 0.3) is 5.91 Å². The topological polar surface area (TPSA) is 126 Å². The van der Waals surface area contributed by atoms with E-state index < -0.39 is 0 Å². The lowest BCUT2D eigenvalue weighted by molar-refractivity contribution is -0.121. The molecule has 1 fully saturated rings. The molecule has 0 saturated heterocycles. The van der Waals surface area contributed by atoms with Gasteiger partial charge in [0, 0.05) is 30.8 Å². The van der Waals surface area contributed by atoms with Crippen LogP contribution in [0, 0.1) is 6.92 Å². The van der Waals surface area contributed by atoms with Crippen molar-refractivity contribution in [2.75, 3.05) is 10.2 Å². The van der Waals surface area contributed by atoms with Gasteiger partial charge in [-0.15, -0.1) is 11.3 Å². The maximum Gasteiger partial charge on any atom is 0.331 e. The molecule has 10 nitrogen and oxygen atoms in total. The quantitative estimate of drug-likeness (QED) is 0.249. The minimum Gasteiger partial charge on any atom is -0.439 e. The largest absolute Gasteiger partial charge is 0.439 e. The highest BCUT2D eigenvalue weighted by Gasteiger charge is 2.36. The molecule has 1 aliphatic carbocycles. The molecule has 4 aromatic rings. The average Bonchev–Trinajstić information content (AvgIpc) is 3.35. The minimum atomic E-state index is -0.390. The zero-order valence-corrected chi connectivity index (χ0v) is 23.6. The SMILES string of the molecule is CCC(=O)N[C@H]1CCC[C@H](NC(=O)c2sc3nccc4c3c2N(c2cnc(Oc3ccccc3)cc2C)C(=O)N4)C1. The first-order valence-electron chi connectivity index (χ1n) is 13.7. The normalized spacial score (nSPS) is 18.1. The molecule has 0 bridgehead atoms. The Balaban J connectivity index is 1.32. The summed E-state index contributed by atoms with van der Waals surface area (Å²) in [4.78, 5) is 50.8. The second-order valence-corrected chi connectivity index (χ2v) is 11.3. The van der Waals surface area contributed by atoms with Crippen molar-refractivity contribution in [1.82, 2.24) is 20.6 Å². The Morgan fingerprint density at radius 2 is 1.90 bits per heavy atom. The molecule has 1 aliphatic heterocycles. The van der Waals surface area contributed by atoms with Crippen molar-refractivity contribution >= 4 is 56.5 Å². The summed E-state index contributed by atoms with van der Waals surface area (Å²) in [6, 6.07) is 12.4. The number of anilines is 3. The molecule has 1 saturated carbocycles. The fraction of sp³-hybridized carbons (Fsp3) is 0.300. The number of nitrogens with zero attached hydrogens (tertiary/aromatic N) is 3. The highest BCUT2D eigenvalue weighted by Crippen LogP contribution is 2.47. The molecule has 4 amide bonds. The number of thiophene rings is 1. The van der Waals surface area contributed by atoms with Crippen LogP contribution in [0.25, 0.3) is 10.2 Å². The van der Waals surface area contributed by atoms with Crippen LogP contribution in [0.15, 0.2) is 54.9 Å². The van der Waals surface area contributed by atoms with Crippen LogP contribution in [0.5, 0.6) is 11.6 Å². The average molecular weight is 571 g/mol. The lowest BCUT2D eigenvalue weighted by Gasteiger charge is -2.31. The number of pyridine rings is 2. The van der Waals surface area contributed by atoms with Crippen LogP contribution in [0.1, 0.15) is 54.3 Å². The first kappa shape index (κ1) is 26.7. The third-order valence-electron chi connectivity index (χ3n) is 7.40. The van der Waals surface area contributed by atoms with Crippen molar-refractivity contribution < 1.29 is 19.1 Å². The van der Waals surface area contributed by atoms with Crippen molar-refractivity contribution in [3.63, 3.8) is 0 Å². The van der Waals surface area contributed by atoms with E-state index in [0.29, 0.717) is 56.6 Å². The van der Waals surface area contributed by atoms with Crippen LogP contribution in [0.3, 0.4) is 0 Å². The van der Waals surface area contributed by atoms with Gasteiger partial charge in [-0.1, -0.05) is 25.1 Å².